The van der Waals surface area contributed by atoms with Crippen LogP contribution in [-0.4, -0.2) is 50.7 Å². The molecule has 13 heteroatoms. The zero-order valence-corrected chi connectivity index (χ0v) is 26.0. The Bertz CT molecular complexity index is 2020. The van der Waals surface area contributed by atoms with E-state index < -0.39 is 35.4 Å². The minimum atomic E-state index is -1.03. The summed E-state index contributed by atoms with van der Waals surface area (Å²) in [5.41, 5.74) is 2.55. The van der Waals surface area contributed by atoms with Gasteiger partial charge >= 0.3 is 5.97 Å². The number of H-pyrrole nitrogens is 2. The molecule has 0 fully saturated rings. The van der Waals surface area contributed by atoms with Gasteiger partial charge < -0.3 is 30.4 Å². The maximum absolute atomic E-state index is 15.9. The Morgan fingerprint density at radius 2 is 2.00 bits per heavy atom. The molecule has 4 bridgehead atoms. The molecule has 5 N–H and O–H groups in total. The Balaban J connectivity index is 1.44. The van der Waals surface area contributed by atoms with Crippen molar-refractivity contribution in [2.75, 3.05) is 6.61 Å². The molecule has 48 heavy (non-hydrogen) atoms. The summed E-state index contributed by atoms with van der Waals surface area (Å²) in [6.45, 7) is 2.04. The first kappa shape index (κ1) is 32.5. The Kier molecular flexibility index (Phi) is 9.57. The van der Waals surface area contributed by atoms with E-state index in [1.165, 1.54) is 36.7 Å². The number of hydrogen-bond acceptors (Lipinski definition) is 7. The molecule has 0 amide bonds. The molecule has 1 aliphatic heterocycles. The Morgan fingerprint density at radius 1 is 1.15 bits per heavy atom. The molecule has 5 aromatic rings. The zero-order chi connectivity index (χ0) is 33.8. The number of benzene rings is 3. The molecule has 0 aliphatic carbocycles. The quantitative estimate of drug-likeness (QED) is 0.121. The van der Waals surface area contributed by atoms with Gasteiger partial charge in [0.2, 0.25) is 0 Å². The van der Waals surface area contributed by atoms with Crippen LogP contribution >= 0.6 is 0 Å². The number of rotatable bonds is 4. The van der Waals surface area contributed by atoms with Crippen molar-refractivity contribution in [2.24, 2.45) is 15.9 Å². The number of aliphatic carboxylic acids is 1. The maximum atomic E-state index is 15.9. The van der Waals surface area contributed by atoms with Gasteiger partial charge in [0.1, 0.15) is 28.9 Å². The molecule has 248 valence electrons. The van der Waals surface area contributed by atoms with Gasteiger partial charge in [-0.25, -0.2) is 18.2 Å². The number of nitrogens with one attached hydrogen (secondary N) is 2. The third-order valence-electron chi connectivity index (χ3n) is 8.39. The molecule has 0 saturated heterocycles. The van der Waals surface area contributed by atoms with Crippen LogP contribution in [0.2, 0.25) is 0 Å². The fourth-order valence-corrected chi connectivity index (χ4v) is 5.90. The van der Waals surface area contributed by atoms with Crippen molar-refractivity contribution in [3.63, 3.8) is 0 Å². The molecule has 0 spiro atoms. The molecule has 3 aromatic carbocycles. The number of carbonyl (C=O) groups is 1. The second-order valence-electron chi connectivity index (χ2n) is 11.5. The number of fused-ring (bicyclic) bond motifs is 8. The number of hydrogen-bond donors (Lipinski definition) is 4. The summed E-state index contributed by atoms with van der Waals surface area (Å²) in [5, 5.41) is 13.7. The minimum Gasteiger partial charge on any atom is -0.481 e. The summed E-state index contributed by atoms with van der Waals surface area (Å²) in [5.74, 6) is 2.56. The third-order valence-corrected chi connectivity index (χ3v) is 8.39. The van der Waals surface area contributed by atoms with E-state index in [1.807, 2.05) is 0 Å². The minimum absolute atomic E-state index is 0.0154. The number of imidazole rings is 1. The van der Waals surface area contributed by atoms with Gasteiger partial charge in [-0.1, -0.05) is 18.2 Å². The molecule has 2 unspecified atom stereocenters. The average molecular weight is 659 g/mol. The van der Waals surface area contributed by atoms with Gasteiger partial charge in [0.05, 0.1) is 18.2 Å². The maximum Gasteiger partial charge on any atom is 0.303 e. The van der Waals surface area contributed by atoms with Gasteiger partial charge in [0, 0.05) is 65.8 Å². The number of carboxylic acids is 1. The first-order chi connectivity index (χ1) is 23.2. The largest absolute Gasteiger partial charge is 0.481 e. The first-order valence-electron chi connectivity index (χ1n) is 15.4. The SMILES string of the molecule is CC1OCCCC(c2cccc(CCC(=O)O)c2F)c2cnc([nH]2)-c2cc(ccc2F)Oc2c(F)cc3[nH]ccc3c2CN=C/C1=N\N. The topological polar surface area (TPSA) is 151 Å². The predicted molar refractivity (Wildman–Crippen MR) is 175 cm³/mol. The van der Waals surface area contributed by atoms with Gasteiger partial charge in [-0.05, 0) is 61.6 Å². The lowest BCUT2D eigenvalue weighted by Crippen LogP contribution is -2.24. The standard InChI is InChI=1S/C35H33F3N6O4/c1-19-30(44-39)17-40-16-26-23-11-12-41-29(23)15-28(37)34(26)48-21-8-9-27(36)25(14-21)35-42-18-31(43-35)22(6-3-13-47-19)24-5-2-4-20(33(24)38)7-10-32(45)46/h2,4-5,8-9,11-12,14-15,17-19,22,41H,3,6-7,10,13,16,39H2,1H3,(H,42,43)(H,45,46)/b40-17?,44-30+. The molecule has 6 rings (SSSR count). The molecular weight excluding hydrogens is 625 g/mol. The van der Waals surface area contributed by atoms with E-state index in [1.54, 1.807) is 37.4 Å². The van der Waals surface area contributed by atoms with Crippen LogP contribution in [0.25, 0.3) is 22.3 Å². The predicted octanol–water partition coefficient (Wildman–Crippen LogP) is 7.00. The highest BCUT2D eigenvalue weighted by molar-refractivity contribution is 6.32. The highest BCUT2D eigenvalue weighted by Crippen LogP contribution is 2.38. The molecule has 2 aromatic heterocycles. The molecule has 1 aliphatic rings. The van der Waals surface area contributed by atoms with Crippen molar-refractivity contribution in [1.82, 2.24) is 15.0 Å². The summed E-state index contributed by atoms with van der Waals surface area (Å²) < 4.78 is 58.8. The van der Waals surface area contributed by atoms with Gasteiger partial charge in [-0.2, -0.15) is 5.10 Å². The Labute approximate surface area is 273 Å². The van der Waals surface area contributed by atoms with Crippen molar-refractivity contribution < 1.29 is 32.5 Å². The Hall–Kier alpha value is -5.43. The van der Waals surface area contributed by atoms with Gasteiger partial charge in [0.15, 0.2) is 11.6 Å². The fourth-order valence-electron chi connectivity index (χ4n) is 5.90. The van der Waals surface area contributed by atoms with Crippen LogP contribution in [0.4, 0.5) is 13.2 Å². The molecule has 2 atom stereocenters. The number of aromatic amines is 2. The zero-order valence-electron chi connectivity index (χ0n) is 26.0. The molecule has 0 radical (unpaired) electrons. The van der Waals surface area contributed by atoms with Crippen molar-refractivity contribution in [2.45, 2.75) is 51.2 Å². The van der Waals surface area contributed by atoms with Crippen molar-refractivity contribution in [1.29, 1.82) is 0 Å². The van der Waals surface area contributed by atoms with Crippen molar-refractivity contribution >= 4 is 28.8 Å². The summed E-state index contributed by atoms with van der Waals surface area (Å²) >= 11 is 0. The lowest BCUT2D eigenvalue weighted by Gasteiger charge is -2.19. The second-order valence-corrected chi connectivity index (χ2v) is 11.5. The second kappa shape index (κ2) is 14.1. The van der Waals surface area contributed by atoms with Gasteiger partial charge in [-0.15, -0.1) is 0 Å². The van der Waals surface area contributed by atoms with E-state index in [4.69, 9.17) is 20.4 Å². The summed E-state index contributed by atoms with van der Waals surface area (Å²) in [7, 11) is 0. The van der Waals surface area contributed by atoms with E-state index in [-0.39, 0.29) is 54.4 Å². The van der Waals surface area contributed by atoms with Crippen LogP contribution in [0, 0.1) is 17.5 Å². The molecule has 0 saturated carbocycles. The van der Waals surface area contributed by atoms with Crippen LogP contribution in [0.3, 0.4) is 0 Å². The summed E-state index contributed by atoms with van der Waals surface area (Å²) in [6, 6.07) is 12.0. The van der Waals surface area contributed by atoms with Crippen LogP contribution in [-0.2, 0) is 22.5 Å². The van der Waals surface area contributed by atoms with Crippen molar-refractivity contribution in [3.8, 4) is 22.9 Å². The number of ether oxygens (including phenoxy) is 2. The number of halogens is 3. The number of hydrazone groups is 1. The number of nitrogens with two attached hydrogens (primary N) is 1. The monoisotopic (exact) mass is 658 g/mol. The van der Waals surface area contributed by atoms with E-state index >= 15 is 13.2 Å². The fraction of sp³-hybridized carbons (Fsp3) is 0.257. The summed E-state index contributed by atoms with van der Waals surface area (Å²) in [6.07, 6.45) is 4.81. The third kappa shape index (κ3) is 6.81. The number of aromatic nitrogens is 3. The van der Waals surface area contributed by atoms with Crippen LogP contribution in [0.5, 0.6) is 11.5 Å². The highest BCUT2D eigenvalue weighted by Gasteiger charge is 2.24. The van der Waals surface area contributed by atoms with Gasteiger partial charge in [0.25, 0.3) is 0 Å². The average Bonchev–Trinajstić information content (AvgIpc) is 3.74. The normalized spacial score (nSPS) is 18.1. The first-order valence-corrected chi connectivity index (χ1v) is 15.4. The van der Waals surface area contributed by atoms with E-state index in [9.17, 15) is 4.79 Å². The van der Waals surface area contributed by atoms with Crippen LogP contribution in [0.1, 0.15) is 54.5 Å². The van der Waals surface area contributed by atoms with Crippen molar-refractivity contribution in [3.05, 3.63) is 101 Å². The molecule has 3 heterocycles. The molecular formula is C35H33F3N6O4. The van der Waals surface area contributed by atoms with E-state index in [2.05, 4.69) is 25.0 Å². The number of aliphatic imine (C=N–C) groups is 1. The number of aryl methyl sites for hydroxylation is 1. The van der Waals surface area contributed by atoms with Crippen LogP contribution in [0.15, 0.2) is 71.0 Å². The number of carboxylic acid groups (broad SMARTS) is 1. The van der Waals surface area contributed by atoms with Gasteiger partial charge in [-0.3, -0.25) is 9.79 Å². The summed E-state index contributed by atoms with van der Waals surface area (Å²) in [4.78, 5) is 26.3. The smallest absolute Gasteiger partial charge is 0.303 e. The molecule has 10 nitrogen and oxygen atoms in total. The van der Waals surface area contributed by atoms with E-state index in [0.29, 0.717) is 46.3 Å². The lowest BCUT2D eigenvalue weighted by molar-refractivity contribution is -0.136. The number of nitrogens with zero attached hydrogens (tertiary/aromatic N) is 3. The van der Waals surface area contributed by atoms with Crippen LogP contribution < -0.4 is 10.6 Å². The highest BCUT2D eigenvalue weighted by atomic mass is 19.1. The lowest BCUT2D eigenvalue weighted by atomic mass is 9.89. The van der Waals surface area contributed by atoms with E-state index in [0.717, 1.165) is 0 Å². The Morgan fingerprint density at radius 3 is 2.81 bits per heavy atom.